The zero-order valence-electron chi connectivity index (χ0n) is 13.4. The SMILES string of the molecule is Cn1nnnc1SCCC(=O)N1CCN(Cc2ccc(Br)s2)CC1. The molecule has 3 rings (SSSR count). The smallest absolute Gasteiger partial charge is 0.223 e. The van der Waals surface area contributed by atoms with Crippen molar-refractivity contribution in [1.82, 2.24) is 30.0 Å². The molecular formula is C14H19BrN6OS2. The molecule has 0 spiro atoms. The second kappa shape index (κ2) is 8.41. The third-order valence-electron chi connectivity index (χ3n) is 3.86. The lowest BCUT2D eigenvalue weighted by Gasteiger charge is -2.34. The van der Waals surface area contributed by atoms with Gasteiger partial charge in [-0.2, -0.15) is 0 Å². The number of hydrogen-bond acceptors (Lipinski definition) is 7. The molecule has 1 fully saturated rings. The van der Waals surface area contributed by atoms with E-state index in [9.17, 15) is 4.79 Å². The van der Waals surface area contributed by atoms with E-state index in [2.05, 4.69) is 48.5 Å². The van der Waals surface area contributed by atoms with Crippen molar-refractivity contribution in [2.75, 3.05) is 31.9 Å². The molecule has 1 aliphatic rings. The summed E-state index contributed by atoms with van der Waals surface area (Å²) in [6, 6.07) is 4.24. The Balaban J connectivity index is 1.38. The van der Waals surface area contributed by atoms with Crippen molar-refractivity contribution < 1.29 is 4.79 Å². The minimum atomic E-state index is 0.219. The lowest BCUT2D eigenvalue weighted by molar-refractivity contribution is -0.132. The van der Waals surface area contributed by atoms with E-state index in [1.807, 2.05) is 4.90 Å². The van der Waals surface area contributed by atoms with Crippen LogP contribution in [0.1, 0.15) is 11.3 Å². The molecule has 0 saturated carbocycles. The number of carbonyl (C=O) groups excluding carboxylic acids is 1. The number of aromatic nitrogens is 4. The highest BCUT2D eigenvalue weighted by Gasteiger charge is 2.21. The van der Waals surface area contributed by atoms with Gasteiger partial charge < -0.3 is 4.90 Å². The van der Waals surface area contributed by atoms with E-state index in [1.54, 1.807) is 23.1 Å². The molecule has 2 aromatic heterocycles. The van der Waals surface area contributed by atoms with Gasteiger partial charge in [-0.05, 0) is 38.5 Å². The van der Waals surface area contributed by atoms with E-state index < -0.39 is 0 Å². The van der Waals surface area contributed by atoms with E-state index in [-0.39, 0.29) is 5.91 Å². The van der Waals surface area contributed by atoms with Gasteiger partial charge in [0.2, 0.25) is 11.1 Å². The largest absolute Gasteiger partial charge is 0.340 e. The number of tetrazole rings is 1. The van der Waals surface area contributed by atoms with Gasteiger partial charge in [0.05, 0.1) is 3.79 Å². The first-order chi connectivity index (χ1) is 11.6. The Morgan fingerprint density at radius 2 is 2.12 bits per heavy atom. The molecule has 24 heavy (non-hydrogen) atoms. The summed E-state index contributed by atoms with van der Waals surface area (Å²) in [6.07, 6.45) is 0.523. The van der Waals surface area contributed by atoms with Crippen LogP contribution in [-0.2, 0) is 18.4 Å². The number of halogens is 1. The first-order valence-electron chi connectivity index (χ1n) is 7.71. The Morgan fingerprint density at radius 1 is 1.33 bits per heavy atom. The number of rotatable bonds is 6. The molecule has 2 aromatic rings. The summed E-state index contributed by atoms with van der Waals surface area (Å²) in [5.41, 5.74) is 0. The molecule has 0 N–H and O–H groups in total. The maximum absolute atomic E-state index is 12.3. The molecule has 7 nitrogen and oxygen atoms in total. The van der Waals surface area contributed by atoms with Crippen molar-refractivity contribution in [3.63, 3.8) is 0 Å². The van der Waals surface area contributed by atoms with E-state index in [4.69, 9.17) is 0 Å². The van der Waals surface area contributed by atoms with Gasteiger partial charge in [0.15, 0.2) is 0 Å². The standard InChI is InChI=1S/C14H19BrN6OS2/c1-19-14(16-17-18-19)23-9-4-13(22)21-7-5-20(6-8-21)10-11-2-3-12(15)24-11/h2-3H,4-10H2,1H3. The molecule has 0 aliphatic carbocycles. The van der Waals surface area contributed by atoms with Crippen molar-refractivity contribution >= 4 is 44.9 Å². The predicted octanol–water partition coefficient (Wildman–Crippen LogP) is 1.86. The minimum Gasteiger partial charge on any atom is -0.340 e. The molecule has 130 valence electrons. The average Bonchev–Trinajstić information content (AvgIpc) is 3.17. The summed E-state index contributed by atoms with van der Waals surface area (Å²) < 4.78 is 2.79. The van der Waals surface area contributed by atoms with E-state index in [1.165, 1.54) is 20.4 Å². The molecule has 0 aromatic carbocycles. The maximum atomic E-state index is 12.3. The molecule has 1 saturated heterocycles. The molecule has 0 unspecified atom stereocenters. The summed E-state index contributed by atoms with van der Waals surface area (Å²) in [5, 5.41) is 12.0. The highest BCUT2D eigenvalue weighted by atomic mass is 79.9. The fourth-order valence-electron chi connectivity index (χ4n) is 2.54. The summed E-state index contributed by atoms with van der Waals surface area (Å²) in [6.45, 7) is 4.44. The quantitative estimate of drug-likeness (QED) is 0.651. The van der Waals surface area contributed by atoms with Crippen molar-refractivity contribution in [1.29, 1.82) is 0 Å². The molecule has 3 heterocycles. The number of nitrogens with zero attached hydrogens (tertiary/aromatic N) is 6. The fraction of sp³-hybridized carbons (Fsp3) is 0.571. The van der Waals surface area contributed by atoms with Crippen LogP contribution in [0.25, 0.3) is 0 Å². The zero-order chi connectivity index (χ0) is 16.9. The molecule has 0 bridgehead atoms. The Hall–Kier alpha value is -0.970. The molecule has 0 radical (unpaired) electrons. The topological polar surface area (TPSA) is 67.2 Å². The second-order valence-electron chi connectivity index (χ2n) is 5.55. The van der Waals surface area contributed by atoms with Crippen molar-refractivity contribution in [3.05, 3.63) is 20.8 Å². The fourth-order valence-corrected chi connectivity index (χ4v) is 4.85. The van der Waals surface area contributed by atoms with Crippen LogP contribution in [-0.4, -0.2) is 67.8 Å². The van der Waals surface area contributed by atoms with Crippen molar-refractivity contribution in [3.8, 4) is 0 Å². The van der Waals surface area contributed by atoms with Gasteiger partial charge in [-0.3, -0.25) is 9.69 Å². The highest BCUT2D eigenvalue weighted by molar-refractivity contribution is 9.11. The van der Waals surface area contributed by atoms with Gasteiger partial charge in [-0.15, -0.1) is 16.4 Å². The van der Waals surface area contributed by atoms with Crippen LogP contribution in [0.15, 0.2) is 21.1 Å². The van der Waals surface area contributed by atoms with Crippen LogP contribution in [0.3, 0.4) is 0 Å². The number of amides is 1. The molecular weight excluding hydrogens is 412 g/mol. The maximum Gasteiger partial charge on any atom is 0.223 e. The number of aryl methyl sites for hydroxylation is 1. The third kappa shape index (κ3) is 4.78. The predicted molar refractivity (Wildman–Crippen MR) is 98.0 cm³/mol. The lowest BCUT2D eigenvalue weighted by atomic mass is 10.2. The summed E-state index contributed by atoms with van der Waals surface area (Å²) in [7, 11) is 1.80. The summed E-state index contributed by atoms with van der Waals surface area (Å²) >= 11 is 6.79. The molecule has 0 atom stereocenters. The normalized spacial score (nSPS) is 15.8. The monoisotopic (exact) mass is 430 g/mol. The van der Waals surface area contributed by atoms with Gasteiger partial charge in [-0.1, -0.05) is 11.8 Å². The van der Waals surface area contributed by atoms with Gasteiger partial charge >= 0.3 is 0 Å². The Bertz CT molecular complexity index is 682. The molecule has 10 heteroatoms. The van der Waals surface area contributed by atoms with Gasteiger partial charge in [0.25, 0.3) is 0 Å². The summed E-state index contributed by atoms with van der Waals surface area (Å²) in [4.78, 5) is 18.0. The van der Waals surface area contributed by atoms with Crippen LogP contribution in [0.5, 0.6) is 0 Å². The van der Waals surface area contributed by atoms with Gasteiger partial charge in [-0.25, -0.2) is 4.68 Å². The second-order valence-corrected chi connectivity index (χ2v) is 9.16. The van der Waals surface area contributed by atoms with Crippen LogP contribution < -0.4 is 0 Å². The first kappa shape index (κ1) is 17.8. The number of thioether (sulfide) groups is 1. The highest BCUT2D eigenvalue weighted by Crippen LogP contribution is 2.23. The Morgan fingerprint density at radius 3 is 2.75 bits per heavy atom. The molecule has 1 aliphatic heterocycles. The number of carbonyl (C=O) groups is 1. The van der Waals surface area contributed by atoms with E-state index >= 15 is 0 Å². The van der Waals surface area contributed by atoms with Crippen LogP contribution in [0.4, 0.5) is 0 Å². The number of thiophene rings is 1. The van der Waals surface area contributed by atoms with Crippen LogP contribution >= 0.6 is 39.0 Å². The average molecular weight is 431 g/mol. The van der Waals surface area contributed by atoms with Crippen LogP contribution in [0.2, 0.25) is 0 Å². The zero-order valence-corrected chi connectivity index (χ0v) is 16.6. The van der Waals surface area contributed by atoms with Gasteiger partial charge in [0.1, 0.15) is 0 Å². The number of piperazine rings is 1. The minimum absolute atomic E-state index is 0.219. The van der Waals surface area contributed by atoms with Crippen molar-refractivity contribution in [2.24, 2.45) is 7.05 Å². The van der Waals surface area contributed by atoms with Gasteiger partial charge in [0, 0.05) is 56.8 Å². The van der Waals surface area contributed by atoms with E-state index in [0.29, 0.717) is 12.2 Å². The summed E-state index contributed by atoms with van der Waals surface area (Å²) in [5.74, 6) is 0.923. The lowest BCUT2D eigenvalue weighted by Crippen LogP contribution is -2.48. The third-order valence-corrected chi connectivity index (χ3v) is 6.48. The van der Waals surface area contributed by atoms with E-state index in [0.717, 1.165) is 37.9 Å². The first-order valence-corrected chi connectivity index (χ1v) is 10.3. The van der Waals surface area contributed by atoms with Crippen LogP contribution in [0, 0.1) is 0 Å². The Labute approximate surface area is 157 Å². The Kier molecular flexibility index (Phi) is 6.25. The molecule has 1 amide bonds. The van der Waals surface area contributed by atoms with Crippen molar-refractivity contribution in [2.45, 2.75) is 18.1 Å². The number of hydrogen-bond donors (Lipinski definition) is 0.